The molecule has 28 heavy (non-hydrogen) atoms. The Labute approximate surface area is 168 Å². The van der Waals surface area contributed by atoms with Crippen LogP contribution in [0.25, 0.3) is 5.69 Å². The van der Waals surface area contributed by atoms with E-state index in [1.807, 2.05) is 18.3 Å². The number of ether oxygens (including phenoxy) is 1. The fraction of sp³-hybridized carbons (Fsp3) is 0.320. The molecular formula is C25H30N2O. The molecule has 0 saturated carbocycles. The number of nitrogens with zero attached hydrogens (tertiary/aromatic N) is 2. The first-order chi connectivity index (χ1) is 13.3. The van der Waals surface area contributed by atoms with Gasteiger partial charge >= 0.3 is 0 Å². The summed E-state index contributed by atoms with van der Waals surface area (Å²) in [4.78, 5) is 4.64. The van der Waals surface area contributed by atoms with E-state index >= 15 is 0 Å². The lowest BCUT2D eigenvalue weighted by Gasteiger charge is -2.20. The lowest BCUT2D eigenvalue weighted by Crippen LogP contribution is -2.11. The molecule has 0 aliphatic rings. The summed E-state index contributed by atoms with van der Waals surface area (Å²) in [5.41, 5.74) is 7.46. The fourth-order valence-corrected chi connectivity index (χ4v) is 3.41. The molecule has 3 rings (SSSR count). The molecule has 0 unspecified atom stereocenters. The van der Waals surface area contributed by atoms with Crippen molar-refractivity contribution in [1.29, 1.82) is 0 Å². The van der Waals surface area contributed by atoms with Gasteiger partial charge in [0.2, 0.25) is 0 Å². The second-order valence-corrected chi connectivity index (χ2v) is 8.28. The molecule has 0 N–H and O–H groups in total. The molecule has 0 aliphatic carbocycles. The van der Waals surface area contributed by atoms with Crippen LogP contribution in [0.2, 0.25) is 0 Å². The Balaban J connectivity index is 1.79. The Morgan fingerprint density at radius 3 is 2.18 bits per heavy atom. The van der Waals surface area contributed by atoms with Crippen LogP contribution in [0, 0.1) is 13.8 Å². The van der Waals surface area contributed by atoms with Crippen molar-refractivity contribution >= 4 is 6.21 Å². The minimum Gasteiger partial charge on any atom is -0.497 e. The molecule has 1 heterocycles. The smallest absolute Gasteiger partial charge is 0.118 e. The van der Waals surface area contributed by atoms with Gasteiger partial charge < -0.3 is 9.30 Å². The fourth-order valence-electron chi connectivity index (χ4n) is 3.41. The van der Waals surface area contributed by atoms with Crippen molar-refractivity contribution < 1.29 is 4.74 Å². The van der Waals surface area contributed by atoms with Gasteiger partial charge in [0.1, 0.15) is 5.75 Å². The van der Waals surface area contributed by atoms with Crippen LogP contribution in [-0.4, -0.2) is 17.9 Å². The second-order valence-electron chi connectivity index (χ2n) is 8.28. The van der Waals surface area contributed by atoms with Gasteiger partial charge in [0.15, 0.2) is 0 Å². The monoisotopic (exact) mass is 374 g/mol. The normalized spacial score (nSPS) is 11.9. The number of benzene rings is 2. The highest BCUT2D eigenvalue weighted by Crippen LogP contribution is 2.25. The lowest BCUT2D eigenvalue weighted by molar-refractivity contribution is 0.414. The second kappa shape index (κ2) is 8.05. The molecule has 0 atom stereocenters. The van der Waals surface area contributed by atoms with E-state index in [0.717, 1.165) is 11.3 Å². The van der Waals surface area contributed by atoms with Crippen molar-refractivity contribution in [2.24, 2.45) is 4.99 Å². The predicted molar refractivity (Wildman–Crippen MR) is 118 cm³/mol. The third-order valence-electron chi connectivity index (χ3n) is 5.13. The van der Waals surface area contributed by atoms with Crippen molar-refractivity contribution in [3.8, 4) is 11.4 Å². The van der Waals surface area contributed by atoms with E-state index in [1.54, 1.807) is 7.11 Å². The Bertz CT molecular complexity index is 956. The summed E-state index contributed by atoms with van der Waals surface area (Å²) in [6.07, 6.45) is 1.98. The zero-order valence-electron chi connectivity index (χ0n) is 17.8. The molecule has 3 heteroatoms. The maximum atomic E-state index is 5.20. The van der Waals surface area contributed by atoms with Crippen LogP contribution in [0.4, 0.5) is 0 Å². The maximum absolute atomic E-state index is 5.20. The predicted octanol–water partition coefficient (Wildman–Crippen LogP) is 6.02. The number of hydrogen-bond acceptors (Lipinski definition) is 2. The molecular weight excluding hydrogens is 344 g/mol. The van der Waals surface area contributed by atoms with Crippen LogP contribution in [0.15, 0.2) is 59.6 Å². The average molecular weight is 375 g/mol. The molecule has 3 aromatic rings. The highest BCUT2D eigenvalue weighted by atomic mass is 16.5. The summed E-state index contributed by atoms with van der Waals surface area (Å²) in [5, 5.41) is 0. The molecule has 0 bridgehead atoms. The van der Waals surface area contributed by atoms with Crippen LogP contribution in [0.3, 0.4) is 0 Å². The van der Waals surface area contributed by atoms with Gasteiger partial charge in [-0.1, -0.05) is 45.0 Å². The standard InChI is InChI=1S/C25H30N2O/c1-18-15-21(17-26-16-20-7-13-24(28-6)14-8-20)19(2)27(18)23-11-9-22(10-12-23)25(3,4)5/h7-15,17H,16H2,1-6H3. The van der Waals surface area contributed by atoms with Crippen molar-refractivity contribution in [1.82, 2.24) is 4.57 Å². The number of hydrogen-bond donors (Lipinski definition) is 0. The van der Waals surface area contributed by atoms with Gasteiger partial charge in [-0.15, -0.1) is 0 Å². The van der Waals surface area contributed by atoms with Crippen LogP contribution in [0.1, 0.15) is 48.8 Å². The largest absolute Gasteiger partial charge is 0.497 e. The molecule has 0 fully saturated rings. The van der Waals surface area contributed by atoms with Crippen LogP contribution >= 0.6 is 0 Å². The first-order valence-corrected chi connectivity index (χ1v) is 9.72. The average Bonchev–Trinajstić information content (AvgIpc) is 2.95. The highest BCUT2D eigenvalue weighted by molar-refractivity contribution is 5.82. The summed E-state index contributed by atoms with van der Waals surface area (Å²) in [5.74, 6) is 0.869. The Morgan fingerprint density at radius 2 is 1.61 bits per heavy atom. The minimum atomic E-state index is 0.165. The van der Waals surface area contributed by atoms with E-state index in [0.29, 0.717) is 6.54 Å². The number of aliphatic imine (C=N–C) groups is 1. The molecule has 146 valence electrons. The van der Waals surface area contributed by atoms with Crippen molar-refractivity contribution in [3.63, 3.8) is 0 Å². The van der Waals surface area contributed by atoms with E-state index in [4.69, 9.17) is 4.74 Å². The highest BCUT2D eigenvalue weighted by Gasteiger charge is 2.14. The molecule has 1 aromatic heterocycles. The van der Waals surface area contributed by atoms with Crippen LogP contribution in [-0.2, 0) is 12.0 Å². The Hall–Kier alpha value is -2.81. The first-order valence-electron chi connectivity index (χ1n) is 9.72. The van der Waals surface area contributed by atoms with Crippen molar-refractivity contribution in [2.45, 2.75) is 46.6 Å². The lowest BCUT2D eigenvalue weighted by atomic mass is 9.87. The first kappa shape index (κ1) is 19.9. The van der Waals surface area contributed by atoms with Crippen LogP contribution in [0.5, 0.6) is 5.75 Å². The number of aromatic nitrogens is 1. The van der Waals surface area contributed by atoms with Gasteiger partial charge in [0, 0.05) is 28.9 Å². The molecule has 0 spiro atoms. The zero-order chi connectivity index (χ0) is 20.3. The van der Waals surface area contributed by atoms with Gasteiger partial charge in [0.05, 0.1) is 13.7 Å². The van der Waals surface area contributed by atoms with E-state index in [1.165, 1.54) is 28.2 Å². The van der Waals surface area contributed by atoms with Crippen molar-refractivity contribution in [2.75, 3.05) is 7.11 Å². The molecule has 0 aliphatic heterocycles. The quantitative estimate of drug-likeness (QED) is 0.502. The van der Waals surface area contributed by atoms with E-state index in [9.17, 15) is 0 Å². The maximum Gasteiger partial charge on any atom is 0.118 e. The van der Waals surface area contributed by atoms with Gasteiger partial charge in [-0.3, -0.25) is 4.99 Å². The summed E-state index contributed by atoms with van der Waals surface area (Å²) in [6.45, 7) is 11.7. The van der Waals surface area contributed by atoms with Gasteiger partial charge in [0.25, 0.3) is 0 Å². The molecule has 0 radical (unpaired) electrons. The topological polar surface area (TPSA) is 26.5 Å². The SMILES string of the molecule is COc1ccc(CN=Cc2cc(C)n(-c3ccc(C(C)(C)C)cc3)c2C)cc1. The van der Waals surface area contributed by atoms with Gasteiger partial charge in [-0.25, -0.2) is 0 Å². The minimum absolute atomic E-state index is 0.165. The third kappa shape index (κ3) is 4.36. The third-order valence-corrected chi connectivity index (χ3v) is 5.13. The summed E-state index contributed by atoms with van der Waals surface area (Å²) < 4.78 is 7.49. The van der Waals surface area contributed by atoms with Gasteiger partial charge in [-0.05, 0) is 60.7 Å². The van der Waals surface area contributed by atoms with Crippen molar-refractivity contribution in [3.05, 3.63) is 82.7 Å². The van der Waals surface area contributed by atoms with Gasteiger partial charge in [-0.2, -0.15) is 0 Å². The van der Waals surface area contributed by atoms with E-state index < -0.39 is 0 Å². The molecule has 0 amide bonds. The number of aryl methyl sites for hydroxylation is 1. The molecule has 2 aromatic carbocycles. The summed E-state index contributed by atoms with van der Waals surface area (Å²) in [7, 11) is 1.68. The number of methoxy groups -OCH3 is 1. The van der Waals surface area contributed by atoms with E-state index in [2.05, 4.69) is 86.6 Å². The molecule has 0 saturated heterocycles. The molecule has 3 nitrogen and oxygen atoms in total. The zero-order valence-corrected chi connectivity index (χ0v) is 17.8. The van der Waals surface area contributed by atoms with Crippen LogP contribution < -0.4 is 4.74 Å². The summed E-state index contributed by atoms with van der Waals surface area (Å²) >= 11 is 0. The number of rotatable bonds is 5. The van der Waals surface area contributed by atoms with E-state index in [-0.39, 0.29) is 5.41 Å². The summed E-state index contributed by atoms with van der Waals surface area (Å²) in [6, 6.07) is 19.1. The Morgan fingerprint density at radius 1 is 0.964 bits per heavy atom. The Kier molecular flexibility index (Phi) is 5.73.